The highest BCUT2D eigenvalue weighted by Crippen LogP contribution is 2.29. The van der Waals surface area contributed by atoms with Crippen molar-refractivity contribution in [3.63, 3.8) is 0 Å². The number of hydrogen-bond acceptors (Lipinski definition) is 4. The molecule has 16 heavy (non-hydrogen) atoms. The van der Waals surface area contributed by atoms with Crippen molar-refractivity contribution in [2.75, 3.05) is 6.54 Å². The fourth-order valence-electron chi connectivity index (χ4n) is 1.42. The van der Waals surface area contributed by atoms with Crippen LogP contribution in [0, 0.1) is 0 Å². The minimum atomic E-state index is 0.228. The number of thioether (sulfide) groups is 1. The van der Waals surface area contributed by atoms with Gasteiger partial charge >= 0.3 is 0 Å². The summed E-state index contributed by atoms with van der Waals surface area (Å²) >= 11 is 1.75. The molecular formula is C12H14N2OS. The Kier molecular flexibility index (Phi) is 4.02. The van der Waals surface area contributed by atoms with Gasteiger partial charge in [0.15, 0.2) is 0 Å². The van der Waals surface area contributed by atoms with E-state index in [2.05, 4.69) is 4.98 Å². The summed E-state index contributed by atoms with van der Waals surface area (Å²) in [6.45, 7) is 0.586. The third kappa shape index (κ3) is 2.87. The molecule has 2 N–H and O–H groups in total. The maximum Gasteiger partial charge on any atom is 0.113 e. The molecule has 0 saturated carbocycles. The minimum Gasteiger partial charge on any atom is -0.468 e. The van der Waals surface area contributed by atoms with Gasteiger partial charge in [0, 0.05) is 12.7 Å². The summed E-state index contributed by atoms with van der Waals surface area (Å²) in [6, 6.07) is 9.77. The second-order valence-electron chi connectivity index (χ2n) is 3.37. The van der Waals surface area contributed by atoms with Crippen LogP contribution in [0.4, 0.5) is 0 Å². The second kappa shape index (κ2) is 5.72. The lowest BCUT2D eigenvalue weighted by Gasteiger charge is -2.12. The smallest absolute Gasteiger partial charge is 0.113 e. The van der Waals surface area contributed by atoms with Crippen LogP contribution in [0.3, 0.4) is 0 Å². The normalized spacial score (nSPS) is 12.6. The summed E-state index contributed by atoms with van der Waals surface area (Å²) in [5, 5.41) is 0.228. The van der Waals surface area contributed by atoms with Gasteiger partial charge in [0.25, 0.3) is 0 Å². The lowest BCUT2D eigenvalue weighted by Crippen LogP contribution is -2.10. The summed E-state index contributed by atoms with van der Waals surface area (Å²) < 4.78 is 5.28. The first-order valence-corrected chi connectivity index (χ1v) is 6.20. The minimum absolute atomic E-state index is 0.228. The van der Waals surface area contributed by atoms with Crippen LogP contribution in [0.15, 0.2) is 47.2 Å². The largest absolute Gasteiger partial charge is 0.468 e. The first kappa shape index (κ1) is 11.2. The van der Waals surface area contributed by atoms with E-state index in [1.165, 1.54) is 0 Å². The van der Waals surface area contributed by atoms with E-state index < -0.39 is 0 Å². The van der Waals surface area contributed by atoms with Crippen LogP contribution in [0.1, 0.15) is 16.7 Å². The number of rotatable bonds is 5. The average molecular weight is 234 g/mol. The predicted molar refractivity (Wildman–Crippen MR) is 66.0 cm³/mol. The van der Waals surface area contributed by atoms with E-state index in [0.29, 0.717) is 6.54 Å². The SMILES string of the molecule is NCC(SCc1ccco1)c1ccccn1. The Morgan fingerprint density at radius 2 is 2.25 bits per heavy atom. The van der Waals surface area contributed by atoms with Gasteiger partial charge in [-0.1, -0.05) is 6.07 Å². The molecule has 0 aliphatic rings. The second-order valence-corrected chi connectivity index (χ2v) is 4.56. The Morgan fingerprint density at radius 3 is 2.88 bits per heavy atom. The molecule has 0 fully saturated rings. The molecule has 3 nitrogen and oxygen atoms in total. The van der Waals surface area contributed by atoms with Crippen LogP contribution in [-0.2, 0) is 5.75 Å². The molecule has 0 amide bonds. The molecule has 0 aliphatic heterocycles. The number of nitrogens with zero attached hydrogens (tertiary/aromatic N) is 1. The molecule has 0 aromatic carbocycles. The molecule has 4 heteroatoms. The van der Waals surface area contributed by atoms with Gasteiger partial charge in [0.05, 0.1) is 23.0 Å². The topological polar surface area (TPSA) is 52.0 Å². The van der Waals surface area contributed by atoms with E-state index in [1.54, 1.807) is 24.2 Å². The molecule has 0 radical (unpaired) electrons. The lowest BCUT2D eigenvalue weighted by molar-refractivity contribution is 0.530. The van der Waals surface area contributed by atoms with Gasteiger partial charge in [-0.3, -0.25) is 4.98 Å². The molecule has 0 bridgehead atoms. The zero-order chi connectivity index (χ0) is 11.2. The van der Waals surface area contributed by atoms with Crippen LogP contribution in [-0.4, -0.2) is 11.5 Å². The number of hydrogen-bond donors (Lipinski definition) is 1. The Morgan fingerprint density at radius 1 is 1.31 bits per heavy atom. The summed E-state index contributed by atoms with van der Waals surface area (Å²) in [5.41, 5.74) is 6.78. The molecular weight excluding hydrogens is 220 g/mol. The third-order valence-electron chi connectivity index (χ3n) is 2.24. The summed E-state index contributed by atoms with van der Waals surface area (Å²) in [4.78, 5) is 4.32. The van der Waals surface area contributed by atoms with E-state index in [-0.39, 0.29) is 5.25 Å². The van der Waals surface area contributed by atoms with Gasteiger partial charge in [0.2, 0.25) is 0 Å². The van der Waals surface area contributed by atoms with Gasteiger partial charge in [-0.15, -0.1) is 11.8 Å². The first-order valence-electron chi connectivity index (χ1n) is 5.15. The van der Waals surface area contributed by atoms with Crippen molar-refractivity contribution in [2.45, 2.75) is 11.0 Å². The zero-order valence-corrected chi connectivity index (χ0v) is 9.69. The zero-order valence-electron chi connectivity index (χ0n) is 8.87. The molecule has 84 valence electrons. The van der Waals surface area contributed by atoms with Gasteiger partial charge in [0.1, 0.15) is 5.76 Å². The molecule has 1 atom stereocenters. The number of pyridine rings is 1. The third-order valence-corrected chi connectivity index (χ3v) is 3.53. The maximum atomic E-state index is 5.75. The first-order chi connectivity index (χ1) is 7.90. The van der Waals surface area contributed by atoms with Crippen molar-refractivity contribution < 1.29 is 4.42 Å². The van der Waals surface area contributed by atoms with E-state index >= 15 is 0 Å². The Balaban J connectivity index is 1.96. The predicted octanol–water partition coefficient (Wildman–Crippen LogP) is 2.61. The molecule has 2 aromatic rings. The lowest BCUT2D eigenvalue weighted by atomic mass is 10.3. The van der Waals surface area contributed by atoms with Crippen LogP contribution >= 0.6 is 11.8 Å². The molecule has 0 spiro atoms. The fraction of sp³-hybridized carbons (Fsp3) is 0.250. The molecule has 0 saturated heterocycles. The van der Waals surface area contributed by atoms with Crippen molar-refractivity contribution in [2.24, 2.45) is 5.73 Å². The van der Waals surface area contributed by atoms with E-state index in [0.717, 1.165) is 17.2 Å². The summed E-state index contributed by atoms with van der Waals surface area (Å²) in [7, 11) is 0. The van der Waals surface area contributed by atoms with Crippen molar-refractivity contribution in [3.8, 4) is 0 Å². The Bertz CT molecular complexity index is 402. The monoisotopic (exact) mass is 234 g/mol. The van der Waals surface area contributed by atoms with Crippen molar-refractivity contribution in [1.82, 2.24) is 4.98 Å². The average Bonchev–Trinajstić information content (AvgIpc) is 2.84. The molecule has 2 aromatic heterocycles. The van der Waals surface area contributed by atoms with Gasteiger partial charge in [-0.05, 0) is 24.3 Å². The highest BCUT2D eigenvalue weighted by Gasteiger charge is 2.11. The van der Waals surface area contributed by atoms with E-state index in [1.807, 2.05) is 30.3 Å². The van der Waals surface area contributed by atoms with Crippen LogP contribution in [0.5, 0.6) is 0 Å². The van der Waals surface area contributed by atoms with Crippen molar-refractivity contribution >= 4 is 11.8 Å². The highest BCUT2D eigenvalue weighted by atomic mass is 32.2. The standard InChI is InChI=1S/C12H14N2OS/c13-8-12(11-5-1-2-6-14-11)16-9-10-4-3-7-15-10/h1-7,12H,8-9,13H2. The van der Waals surface area contributed by atoms with E-state index in [4.69, 9.17) is 10.2 Å². The summed E-state index contributed by atoms with van der Waals surface area (Å²) in [5.74, 6) is 1.80. The van der Waals surface area contributed by atoms with Crippen LogP contribution < -0.4 is 5.73 Å². The quantitative estimate of drug-likeness (QED) is 0.864. The summed E-state index contributed by atoms with van der Waals surface area (Å²) in [6.07, 6.45) is 3.49. The Hall–Kier alpha value is -1.26. The maximum absolute atomic E-state index is 5.75. The fourth-order valence-corrected chi connectivity index (χ4v) is 2.39. The molecule has 0 aliphatic carbocycles. The van der Waals surface area contributed by atoms with E-state index in [9.17, 15) is 0 Å². The van der Waals surface area contributed by atoms with Crippen LogP contribution in [0.25, 0.3) is 0 Å². The molecule has 2 rings (SSSR count). The van der Waals surface area contributed by atoms with Crippen molar-refractivity contribution in [3.05, 3.63) is 54.2 Å². The van der Waals surface area contributed by atoms with Crippen LogP contribution in [0.2, 0.25) is 0 Å². The number of furan rings is 1. The number of aromatic nitrogens is 1. The number of nitrogens with two attached hydrogens (primary N) is 1. The van der Waals surface area contributed by atoms with Gasteiger partial charge < -0.3 is 10.2 Å². The molecule has 1 unspecified atom stereocenters. The van der Waals surface area contributed by atoms with Gasteiger partial charge in [-0.2, -0.15) is 0 Å². The van der Waals surface area contributed by atoms with Gasteiger partial charge in [-0.25, -0.2) is 0 Å². The van der Waals surface area contributed by atoms with Crippen molar-refractivity contribution in [1.29, 1.82) is 0 Å². The molecule has 2 heterocycles. The Labute approximate surface area is 99.1 Å². The highest BCUT2D eigenvalue weighted by molar-refractivity contribution is 7.98.